The molecule has 0 aromatic heterocycles. The van der Waals surface area contributed by atoms with E-state index in [1.165, 1.54) is 18.5 Å². The van der Waals surface area contributed by atoms with Gasteiger partial charge in [0.05, 0.1) is 0 Å². The maximum atomic E-state index is 8.73. The molecule has 0 spiro atoms. The molecule has 1 saturated heterocycles. The van der Waals surface area contributed by atoms with Crippen LogP contribution in [0, 0.1) is 0 Å². The third-order valence-corrected chi connectivity index (χ3v) is 3.74. The van der Waals surface area contributed by atoms with Gasteiger partial charge in [-0.15, -0.1) is 0 Å². The highest BCUT2D eigenvalue weighted by molar-refractivity contribution is 5.97. The summed E-state index contributed by atoms with van der Waals surface area (Å²) in [6.07, 6.45) is 1.22. The Hall–Kier alpha value is -1.59. The van der Waals surface area contributed by atoms with E-state index in [9.17, 15) is 0 Å². The summed E-state index contributed by atoms with van der Waals surface area (Å²) < 4.78 is 0. The van der Waals surface area contributed by atoms with Gasteiger partial charge in [-0.1, -0.05) is 30.3 Å². The van der Waals surface area contributed by atoms with Gasteiger partial charge in [-0.25, -0.2) is 0 Å². The van der Waals surface area contributed by atoms with Gasteiger partial charge >= 0.3 is 0 Å². The summed E-state index contributed by atoms with van der Waals surface area (Å²) in [7, 11) is 0. The van der Waals surface area contributed by atoms with Crippen molar-refractivity contribution in [1.29, 1.82) is 0 Å². The number of oxime groups is 1. The summed E-state index contributed by atoms with van der Waals surface area (Å²) in [6.45, 7) is 8.85. The first-order valence-corrected chi connectivity index (χ1v) is 7.24. The van der Waals surface area contributed by atoms with E-state index in [2.05, 4.69) is 27.9 Å². The van der Waals surface area contributed by atoms with Crippen molar-refractivity contribution in [3.8, 4) is 0 Å². The molecule has 1 aliphatic rings. The normalized spacial score (nSPS) is 18.4. The standard InChI is InChI=1S/C15H24N4O/c1-2-6-18-7-9-19(10-8-18)12-13-4-3-5-14(11-13)15(16)17-20/h3-5,11,20H,2,6-10,12H2,1H3,(H2,16,17). The van der Waals surface area contributed by atoms with Crippen molar-refractivity contribution < 1.29 is 5.21 Å². The van der Waals surface area contributed by atoms with Crippen LogP contribution in [0.4, 0.5) is 0 Å². The Bertz CT molecular complexity index is 453. The van der Waals surface area contributed by atoms with Crippen LogP contribution < -0.4 is 5.73 Å². The van der Waals surface area contributed by atoms with Gasteiger partial charge < -0.3 is 15.8 Å². The molecule has 0 aliphatic carbocycles. The van der Waals surface area contributed by atoms with Crippen molar-refractivity contribution in [3.05, 3.63) is 35.4 Å². The van der Waals surface area contributed by atoms with E-state index >= 15 is 0 Å². The molecule has 0 bridgehead atoms. The van der Waals surface area contributed by atoms with Gasteiger partial charge in [0.1, 0.15) is 0 Å². The Labute approximate surface area is 120 Å². The van der Waals surface area contributed by atoms with Crippen LogP contribution in [-0.2, 0) is 6.54 Å². The van der Waals surface area contributed by atoms with E-state index in [-0.39, 0.29) is 5.84 Å². The molecule has 1 aromatic rings. The van der Waals surface area contributed by atoms with Gasteiger partial charge in [-0.05, 0) is 24.6 Å². The number of nitrogens with zero attached hydrogens (tertiary/aromatic N) is 3. The minimum absolute atomic E-state index is 0.166. The molecule has 110 valence electrons. The SMILES string of the molecule is CCCN1CCN(Cc2cccc(/C(N)=N/O)c2)CC1. The summed E-state index contributed by atoms with van der Waals surface area (Å²) in [5.74, 6) is 0.166. The molecular formula is C15H24N4O. The first-order chi connectivity index (χ1) is 9.72. The Morgan fingerprint density at radius 1 is 1.25 bits per heavy atom. The maximum absolute atomic E-state index is 8.73. The summed E-state index contributed by atoms with van der Waals surface area (Å²) in [6, 6.07) is 7.90. The minimum Gasteiger partial charge on any atom is -0.409 e. The second-order valence-corrected chi connectivity index (χ2v) is 5.30. The lowest BCUT2D eigenvalue weighted by Crippen LogP contribution is -2.45. The highest BCUT2D eigenvalue weighted by Crippen LogP contribution is 2.11. The lowest BCUT2D eigenvalue weighted by molar-refractivity contribution is 0.127. The fraction of sp³-hybridized carbons (Fsp3) is 0.533. The van der Waals surface area contributed by atoms with Crippen LogP contribution in [0.1, 0.15) is 24.5 Å². The molecular weight excluding hydrogens is 252 g/mol. The highest BCUT2D eigenvalue weighted by atomic mass is 16.4. The fourth-order valence-electron chi connectivity index (χ4n) is 2.63. The van der Waals surface area contributed by atoms with E-state index in [0.29, 0.717) is 0 Å². The molecule has 2 rings (SSSR count). The van der Waals surface area contributed by atoms with Crippen molar-refractivity contribution in [1.82, 2.24) is 9.80 Å². The van der Waals surface area contributed by atoms with Crippen LogP contribution in [-0.4, -0.2) is 53.6 Å². The summed E-state index contributed by atoms with van der Waals surface area (Å²) >= 11 is 0. The van der Waals surface area contributed by atoms with Crippen LogP contribution in [0.3, 0.4) is 0 Å². The summed E-state index contributed by atoms with van der Waals surface area (Å²) in [5, 5.41) is 11.8. The predicted octanol–water partition coefficient (Wildman–Crippen LogP) is 1.31. The minimum atomic E-state index is 0.166. The average molecular weight is 276 g/mol. The average Bonchev–Trinajstić information content (AvgIpc) is 2.49. The van der Waals surface area contributed by atoms with Gasteiger partial charge in [0.2, 0.25) is 0 Å². The number of rotatable bonds is 5. The molecule has 5 heteroatoms. The predicted molar refractivity (Wildman–Crippen MR) is 81.0 cm³/mol. The second kappa shape index (κ2) is 7.26. The smallest absolute Gasteiger partial charge is 0.170 e. The lowest BCUT2D eigenvalue weighted by atomic mass is 10.1. The van der Waals surface area contributed by atoms with Gasteiger partial charge in [0, 0.05) is 38.3 Å². The van der Waals surface area contributed by atoms with Gasteiger partial charge in [-0.2, -0.15) is 0 Å². The zero-order valence-electron chi connectivity index (χ0n) is 12.1. The van der Waals surface area contributed by atoms with Crippen molar-refractivity contribution in [2.45, 2.75) is 19.9 Å². The molecule has 1 heterocycles. The third kappa shape index (κ3) is 3.95. The molecule has 20 heavy (non-hydrogen) atoms. The highest BCUT2D eigenvalue weighted by Gasteiger charge is 2.16. The van der Waals surface area contributed by atoms with Crippen molar-refractivity contribution in [3.63, 3.8) is 0 Å². The first-order valence-electron chi connectivity index (χ1n) is 7.24. The van der Waals surface area contributed by atoms with Crippen LogP contribution in [0.25, 0.3) is 0 Å². The molecule has 0 saturated carbocycles. The van der Waals surface area contributed by atoms with Crippen molar-refractivity contribution in [2.24, 2.45) is 10.9 Å². The molecule has 0 amide bonds. The van der Waals surface area contributed by atoms with Crippen LogP contribution in [0.5, 0.6) is 0 Å². The summed E-state index contributed by atoms with van der Waals surface area (Å²) in [4.78, 5) is 4.97. The van der Waals surface area contributed by atoms with E-state index in [4.69, 9.17) is 10.9 Å². The summed E-state index contributed by atoms with van der Waals surface area (Å²) in [5.41, 5.74) is 7.61. The van der Waals surface area contributed by atoms with E-state index in [1.54, 1.807) is 0 Å². The Kier molecular flexibility index (Phi) is 5.38. The van der Waals surface area contributed by atoms with Crippen molar-refractivity contribution >= 4 is 5.84 Å². The second-order valence-electron chi connectivity index (χ2n) is 5.30. The number of hydrogen-bond acceptors (Lipinski definition) is 4. The third-order valence-electron chi connectivity index (χ3n) is 3.74. The molecule has 5 nitrogen and oxygen atoms in total. The first kappa shape index (κ1) is 14.8. The van der Waals surface area contributed by atoms with Crippen LogP contribution in [0.2, 0.25) is 0 Å². The van der Waals surface area contributed by atoms with Gasteiger partial charge in [0.25, 0.3) is 0 Å². The van der Waals surface area contributed by atoms with E-state index in [1.807, 2.05) is 18.2 Å². The number of nitrogens with two attached hydrogens (primary N) is 1. The zero-order valence-corrected chi connectivity index (χ0v) is 12.1. The molecule has 0 radical (unpaired) electrons. The number of benzene rings is 1. The van der Waals surface area contributed by atoms with Gasteiger partial charge in [-0.3, -0.25) is 4.90 Å². The van der Waals surface area contributed by atoms with Gasteiger partial charge in [0.15, 0.2) is 5.84 Å². The lowest BCUT2D eigenvalue weighted by Gasteiger charge is -2.34. The molecule has 3 N–H and O–H groups in total. The fourth-order valence-corrected chi connectivity index (χ4v) is 2.63. The molecule has 0 unspecified atom stereocenters. The van der Waals surface area contributed by atoms with Crippen LogP contribution in [0.15, 0.2) is 29.4 Å². The van der Waals surface area contributed by atoms with Crippen molar-refractivity contribution in [2.75, 3.05) is 32.7 Å². The number of piperazine rings is 1. The molecule has 1 fully saturated rings. The molecule has 0 atom stereocenters. The van der Waals surface area contributed by atoms with E-state index in [0.717, 1.165) is 38.3 Å². The topological polar surface area (TPSA) is 65.1 Å². The Morgan fingerprint density at radius 3 is 2.60 bits per heavy atom. The Balaban J connectivity index is 1.91. The van der Waals surface area contributed by atoms with Crippen LogP contribution >= 0.6 is 0 Å². The number of hydrogen-bond donors (Lipinski definition) is 2. The quantitative estimate of drug-likeness (QED) is 0.368. The monoisotopic (exact) mass is 276 g/mol. The number of amidine groups is 1. The van der Waals surface area contributed by atoms with E-state index < -0.39 is 0 Å². The molecule has 1 aromatic carbocycles. The molecule has 1 aliphatic heterocycles. The zero-order chi connectivity index (χ0) is 14.4. The maximum Gasteiger partial charge on any atom is 0.170 e. The Morgan fingerprint density at radius 2 is 1.95 bits per heavy atom. The largest absolute Gasteiger partial charge is 0.409 e.